The largest absolute Gasteiger partial charge is 0.496 e. The number of hydrogen-bond donors (Lipinski definition) is 2. The lowest BCUT2D eigenvalue weighted by Crippen LogP contribution is -2.37. The van der Waals surface area contributed by atoms with E-state index in [9.17, 15) is 22.8 Å². The summed E-state index contributed by atoms with van der Waals surface area (Å²) >= 11 is 0. The summed E-state index contributed by atoms with van der Waals surface area (Å²) in [4.78, 5) is 31.9. The minimum atomic E-state index is -4.55. The van der Waals surface area contributed by atoms with Crippen molar-refractivity contribution in [1.82, 2.24) is 30.0 Å². The summed E-state index contributed by atoms with van der Waals surface area (Å²) in [6.45, 7) is 3.32. The van der Waals surface area contributed by atoms with Crippen LogP contribution in [0, 0.1) is 0 Å². The molecule has 1 saturated heterocycles. The minimum absolute atomic E-state index is 0.00685. The molecule has 212 valence electrons. The number of benzene rings is 3. The van der Waals surface area contributed by atoms with Crippen molar-refractivity contribution in [2.24, 2.45) is 7.05 Å². The second kappa shape index (κ2) is 9.79. The summed E-state index contributed by atoms with van der Waals surface area (Å²) in [5, 5.41) is 13.1. The Balaban J connectivity index is 1.58. The SMILES string of the molecule is C=CC(=O)N1CCC(c2nc3c4cc(OC)c(C(=O)NCC(F)(F)F)cc4c4ccc5[nH]ncc5c4c3n2C)CC1. The number of rotatable bonds is 5. The summed E-state index contributed by atoms with van der Waals surface area (Å²) in [6.07, 6.45) is -0.0174. The molecule has 41 heavy (non-hydrogen) atoms. The Morgan fingerprint density at radius 3 is 2.61 bits per heavy atom. The van der Waals surface area contributed by atoms with Crippen molar-refractivity contribution in [3.63, 3.8) is 0 Å². The predicted octanol–water partition coefficient (Wildman–Crippen LogP) is 4.95. The first kappa shape index (κ1) is 26.6. The normalized spacial score (nSPS) is 14.8. The number of piperidine rings is 1. The molecule has 5 aromatic rings. The van der Waals surface area contributed by atoms with Crippen LogP contribution in [0.2, 0.25) is 0 Å². The Hall–Kier alpha value is -4.61. The number of alkyl halides is 3. The van der Waals surface area contributed by atoms with Gasteiger partial charge in [0.05, 0.1) is 35.4 Å². The number of halogens is 3. The molecule has 0 spiro atoms. The number of carbonyl (C=O) groups excluding carboxylic acids is 2. The van der Waals surface area contributed by atoms with Gasteiger partial charge in [0.1, 0.15) is 18.1 Å². The van der Waals surface area contributed by atoms with E-state index in [0.717, 1.165) is 45.9 Å². The van der Waals surface area contributed by atoms with Crippen LogP contribution in [0.4, 0.5) is 13.2 Å². The van der Waals surface area contributed by atoms with Gasteiger partial charge in [0.25, 0.3) is 5.91 Å². The Morgan fingerprint density at radius 1 is 1.17 bits per heavy atom. The van der Waals surface area contributed by atoms with Crippen molar-refractivity contribution in [1.29, 1.82) is 0 Å². The molecule has 0 atom stereocenters. The number of aromatic nitrogens is 4. The van der Waals surface area contributed by atoms with E-state index in [-0.39, 0.29) is 23.1 Å². The number of aryl methyl sites for hydroxylation is 1. The van der Waals surface area contributed by atoms with Gasteiger partial charge in [0.2, 0.25) is 5.91 Å². The van der Waals surface area contributed by atoms with Crippen molar-refractivity contribution in [2.45, 2.75) is 24.9 Å². The smallest absolute Gasteiger partial charge is 0.405 e. The number of fused-ring (bicyclic) bond motifs is 8. The second-order valence-corrected chi connectivity index (χ2v) is 10.2. The Kier molecular flexibility index (Phi) is 6.35. The molecular weight excluding hydrogens is 537 g/mol. The van der Waals surface area contributed by atoms with Gasteiger partial charge in [-0.05, 0) is 47.9 Å². The van der Waals surface area contributed by atoms with Crippen LogP contribution in [0.1, 0.15) is 34.9 Å². The number of hydrogen-bond acceptors (Lipinski definition) is 5. The summed E-state index contributed by atoms with van der Waals surface area (Å²) in [6, 6.07) is 7.03. The van der Waals surface area contributed by atoms with E-state index in [1.165, 1.54) is 13.2 Å². The first-order valence-corrected chi connectivity index (χ1v) is 13.1. The summed E-state index contributed by atoms with van der Waals surface area (Å²) < 4.78 is 46.1. The number of nitrogens with one attached hydrogen (secondary N) is 2. The maximum atomic E-state index is 12.9. The topological polar surface area (TPSA) is 105 Å². The third-order valence-corrected chi connectivity index (χ3v) is 7.92. The molecule has 1 aliphatic heterocycles. The summed E-state index contributed by atoms with van der Waals surface area (Å²) in [5.74, 6) is 0.136. The molecule has 1 aliphatic rings. The zero-order valence-electron chi connectivity index (χ0n) is 22.4. The van der Waals surface area contributed by atoms with E-state index < -0.39 is 18.6 Å². The number of imidazole rings is 1. The number of methoxy groups -OCH3 is 1. The zero-order valence-corrected chi connectivity index (χ0v) is 22.4. The fourth-order valence-corrected chi connectivity index (χ4v) is 5.96. The molecule has 2 N–H and O–H groups in total. The maximum Gasteiger partial charge on any atom is 0.405 e. The highest BCUT2D eigenvalue weighted by atomic mass is 19.4. The lowest BCUT2D eigenvalue weighted by atomic mass is 9.95. The van der Waals surface area contributed by atoms with Crippen molar-refractivity contribution in [2.75, 3.05) is 26.7 Å². The first-order valence-electron chi connectivity index (χ1n) is 13.1. The minimum Gasteiger partial charge on any atom is -0.496 e. The summed E-state index contributed by atoms with van der Waals surface area (Å²) in [7, 11) is 3.34. The van der Waals surface area contributed by atoms with Crippen LogP contribution in [-0.2, 0) is 11.8 Å². The van der Waals surface area contributed by atoms with Gasteiger partial charge in [0, 0.05) is 42.2 Å². The van der Waals surface area contributed by atoms with Crippen molar-refractivity contribution in [3.8, 4) is 5.75 Å². The van der Waals surface area contributed by atoms with Crippen molar-refractivity contribution < 1.29 is 27.5 Å². The van der Waals surface area contributed by atoms with Gasteiger partial charge in [-0.1, -0.05) is 12.6 Å². The van der Waals surface area contributed by atoms with E-state index in [0.29, 0.717) is 29.4 Å². The number of carbonyl (C=O) groups is 2. The molecule has 12 heteroatoms. The van der Waals surface area contributed by atoms with Gasteiger partial charge in [-0.25, -0.2) is 4.98 Å². The Morgan fingerprint density at radius 2 is 1.93 bits per heavy atom. The van der Waals surface area contributed by atoms with Crippen LogP contribution >= 0.6 is 0 Å². The highest BCUT2D eigenvalue weighted by Crippen LogP contribution is 2.42. The quantitative estimate of drug-likeness (QED) is 0.232. The van der Waals surface area contributed by atoms with Gasteiger partial charge >= 0.3 is 6.18 Å². The summed E-state index contributed by atoms with van der Waals surface area (Å²) in [5.41, 5.74) is 2.36. The molecule has 3 aromatic carbocycles. The number of aromatic amines is 1. The van der Waals surface area contributed by atoms with E-state index in [1.807, 2.05) is 24.5 Å². The third-order valence-electron chi connectivity index (χ3n) is 7.92. The number of H-pyrrole nitrogens is 1. The number of amides is 2. The lowest BCUT2D eigenvalue weighted by Gasteiger charge is -2.31. The first-order chi connectivity index (χ1) is 19.6. The molecule has 2 aromatic heterocycles. The third kappa shape index (κ3) is 4.43. The van der Waals surface area contributed by atoms with E-state index >= 15 is 0 Å². The van der Waals surface area contributed by atoms with Crippen LogP contribution < -0.4 is 10.1 Å². The van der Waals surface area contributed by atoms with Gasteiger partial charge in [-0.2, -0.15) is 18.3 Å². The molecule has 0 saturated carbocycles. The second-order valence-electron chi connectivity index (χ2n) is 10.2. The number of likely N-dealkylation sites (tertiary alicyclic amines) is 1. The molecule has 3 heterocycles. The Bertz CT molecular complexity index is 1860. The average Bonchev–Trinajstić information content (AvgIpc) is 3.59. The molecular formula is C29H27F3N6O3. The monoisotopic (exact) mass is 564 g/mol. The lowest BCUT2D eigenvalue weighted by molar-refractivity contribution is -0.127. The molecule has 0 unspecified atom stereocenters. The number of ether oxygens (including phenoxy) is 1. The standard InChI is InChI=1S/C29H27F3N6O3/c1-4-23(39)38-9-7-15(8-10-38)27-35-25-18-12-22(41-3)19(28(40)33-14-29(30,31)32)11-17(18)16-5-6-21-20(13-34-36-21)24(16)26(25)37(27)2/h4-6,11-13,15H,1,7-10,14H2,2-3H3,(H,33,40)(H,34,36). The van der Waals surface area contributed by atoms with E-state index in [1.54, 1.807) is 23.2 Å². The molecule has 0 bridgehead atoms. The molecule has 1 fully saturated rings. The predicted molar refractivity (Wildman–Crippen MR) is 149 cm³/mol. The molecule has 2 amide bonds. The Labute approximate surface area is 231 Å². The van der Waals surface area contributed by atoms with Gasteiger partial charge in [0.15, 0.2) is 0 Å². The van der Waals surface area contributed by atoms with Gasteiger partial charge < -0.3 is 19.5 Å². The van der Waals surface area contributed by atoms with Crippen LogP contribution in [0.25, 0.3) is 43.5 Å². The number of nitrogens with zero attached hydrogens (tertiary/aromatic N) is 4. The molecule has 6 rings (SSSR count). The molecule has 0 aliphatic carbocycles. The molecule has 9 nitrogen and oxygen atoms in total. The highest BCUT2D eigenvalue weighted by molar-refractivity contribution is 6.30. The highest BCUT2D eigenvalue weighted by Gasteiger charge is 2.30. The van der Waals surface area contributed by atoms with Crippen LogP contribution in [0.5, 0.6) is 5.75 Å². The van der Waals surface area contributed by atoms with Crippen molar-refractivity contribution >= 4 is 55.3 Å². The van der Waals surface area contributed by atoms with Crippen LogP contribution in [-0.4, -0.2) is 69.4 Å². The zero-order chi connectivity index (χ0) is 29.1. The van der Waals surface area contributed by atoms with E-state index in [4.69, 9.17) is 9.72 Å². The maximum absolute atomic E-state index is 12.9. The average molecular weight is 565 g/mol. The van der Waals surface area contributed by atoms with Gasteiger partial charge in [-0.3, -0.25) is 14.7 Å². The van der Waals surface area contributed by atoms with E-state index in [2.05, 4.69) is 21.3 Å². The van der Waals surface area contributed by atoms with Crippen LogP contribution in [0.15, 0.2) is 43.1 Å². The van der Waals surface area contributed by atoms with Crippen molar-refractivity contribution in [3.05, 3.63) is 54.5 Å². The van der Waals surface area contributed by atoms with Crippen LogP contribution in [0.3, 0.4) is 0 Å². The fraction of sp³-hybridized carbons (Fsp3) is 0.310. The molecule has 0 radical (unpaired) electrons. The van der Waals surface area contributed by atoms with Gasteiger partial charge in [-0.15, -0.1) is 0 Å². The fourth-order valence-electron chi connectivity index (χ4n) is 5.96.